The minimum absolute atomic E-state index is 0.137. The summed E-state index contributed by atoms with van der Waals surface area (Å²) in [6, 6.07) is 5.78. The topological polar surface area (TPSA) is 147 Å². The number of hydrogen-bond donors (Lipinski definition) is 6. The van der Waals surface area contributed by atoms with E-state index in [4.69, 9.17) is 21.6 Å². The summed E-state index contributed by atoms with van der Waals surface area (Å²) < 4.78 is 5.42. The Hall–Kier alpha value is -3.59. The van der Waals surface area contributed by atoms with Crippen molar-refractivity contribution in [2.24, 2.45) is 17.4 Å². The average Bonchev–Trinajstić information content (AvgIpc) is 3.30. The van der Waals surface area contributed by atoms with Gasteiger partial charge in [0, 0.05) is 36.7 Å². The van der Waals surface area contributed by atoms with Crippen molar-refractivity contribution in [3.63, 3.8) is 0 Å². The fourth-order valence-electron chi connectivity index (χ4n) is 3.43. The molecule has 0 spiro atoms. The van der Waals surface area contributed by atoms with Gasteiger partial charge in [-0.3, -0.25) is 10.4 Å². The van der Waals surface area contributed by atoms with Crippen LogP contribution in [0.3, 0.4) is 0 Å². The lowest BCUT2D eigenvalue weighted by Gasteiger charge is -2.16. The molecule has 2 aromatic rings. The van der Waals surface area contributed by atoms with E-state index in [1.165, 1.54) is 0 Å². The number of nitrogens with one attached hydrogen (secondary N) is 4. The fourth-order valence-corrected chi connectivity index (χ4v) is 3.43. The monoisotopic (exact) mass is 450 g/mol. The highest BCUT2D eigenvalue weighted by Crippen LogP contribution is 2.21. The Bertz CT molecular complexity index is 1070. The van der Waals surface area contributed by atoms with Crippen LogP contribution in [0.25, 0.3) is 16.6 Å². The van der Waals surface area contributed by atoms with Crippen LogP contribution in [0.1, 0.15) is 32.8 Å². The van der Waals surface area contributed by atoms with Gasteiger partial charge in [-0.2, -0.15) is 0 Å². The van der Waals surface area contributed by atoms with Crippen molar-refractivity contribution in [1.29, 1.82) is 5.41 Å². The van der Waals surface area contributed by atoms with Gasteiger partial charge in [0.1, 0.15) is 17.5 Å². The van der Waals surface area contributed by atoms with Gasteiger partial charge in [-0.15, -0.1) is 0 Å². The van der Waals surface area contributed by atoms with E-state index in [9.17, 15) is 0 Å². The van der Waals surface area contributed by atoms with E-state index in [1.54, 1.807) is 12.4 Å². The van der Waals surface area contributed by atoms with Gasteiger partial charge in [0.05, 0.1) is 23.7 Å². The number of nitrogens with zero attached hydrogens (tertiary/aromatic N) is 2. The molecule has 8 N–H and O–H groups in total. The second-order valence-corrected chi connectivity index (χ2v) is 8.20. The maximum atomic E-state index is 8.61. The van der Waals surface area contributed by atoms with Crippen molar-refractivity contribution in [1.82, 2.24) is 20.6 Å². The van der Waals surface area contributed by atoms with E-state index < -0.39 is 0 Å². The van der Waals surface area contributed by atoms with Crippen LogP contribution in [-0.2, 0) is 4.74 Å². The van der Waals surface area contributed by atoms with E-state index in [-0.39, 0.29) is 12.0 Å². The Balaban J connectivity index is 1.87. The summed E-state index contributed by atoms with van der Waals surface area (Å²) in [7, 11) is 0. The molecule has 0 bridgehead atoms. The van der Waals surface area contributed by atoms with Crippen LogP contribution in [-0.4, -0.2) is 41.6 Å². The van der Waals surface area contributed by atoms with Crippen LogP contribution in [0, 0.1) is 11.3 Å². The van der Waals surface area contributed by atoms with Gasteiger partial charge in [0.15, 0.2) is 0 Å². The van der Waals surface area contributed by atoms with Gasteiger partial charge < -0.3 is 32.2 Å². The number of pyridine rings is 2. The van der Waals surface area contributed by atoms with Crippen molar-refractivity contribution < 1.29 is 4.74 Å². The van der Waals surface area contributed by atoms with Crippen LogP contribution in [0.4, 0.5) is 5.82 Å². The molecule has 0 saturated carbocycles. The zero-order valence-corrected chi connectivity index (χ0v) is 19.5. The Morgan fingerprint density at radius 1 is 1.33 bits per heavy atom. The highest BCUT2D eigenvalue weighted by atomic mass is 16.5. The molecule has 1 aliphatic heterocycles. The SMILES string of the molecule is CCN/C=C(\C(=N)NC1CCOC1)c1cnc2ccc(N/C(N)=C/C(=C\N)C(C)C)nc2c1. The predicted molar refractivity (Wildman–Crippen MR) is 134 cm³/mol. The molecule has 0 radical (unpaired) electrons. The number of hydrogen-bond acceptors (Lipinski definition) is 8. The first-order valence-electron chi connectivity index (χ1n) is 11.2. The number of fused-ring (bicyclic) bond motifs is 1. The van der Waals surface area contributed by atoms with Crippen molar-refractivity contribution in [3.05, 3.63) is 59.8 Å². The zero-order valence-electron chi connectivity index (χ0n) is 19.5. The average molecular weight is 451 g/mol. The number of nitrogens with two attached hydrogens (primary N) is 2. The molecule has 33 heavy (non-hydrogen) atoms. The fraction of sp³-hybridized carbons (Fsp3) is 0.375. The van der Waals surface area contributed by atoms with Gasteiger partial charge in [-0.1, -0.05) is 13.8 Å². The Labute approximate surface area is 194 Å². The number of rotatable bonds is 9. The summed E-state index contributed by atoms with van der Waals surface area (Å²) in [5.41, 5.74) is 15.7. The number of allylic oxidation sites excluding steroid dienone is 2. The van der Waals surface area contributed by atoms with Gasteiger partial charge >= 0.3 is 0 Å². The third kappa shape index (κ3) is 6.45. The number of amidine groups is 1. The summed E-state index contributed by atoms with van der Waals surface area (Å²) in [5.74, 6) is 1.63. The standard InChI is InChI=1S/C24H34N8O/c1-4-28-13-19(24(27)30-18-7-8-33-14-18)17-9-21-20(29-12-17)5-6-23(31-21)32-22(26)10-16(11-25)15(2)3/h5-6,9-13,15,18,28H,4,7-8,14,25-26H2,1-3H3,(H2,27,30)(H,31,32)/b16-11+,19-13-,22-10+. The predicted octanol–water partition coefficient (Wildman–Crippen LogP) is 2.65. The maximum Gasteiger partial charge on any atom is 0.132 e. The minimum atomic E-state index is 0.137. The second kappa shape index (κ2) is 11.3. The third-order valence-electron chi connectivity index (χ3n) is 5.30. The van der Waals surface area contributed by atoms with Crippen molar-refractivity contribution >= 4 is 28.3 Å². The molecule has 9 nitrogen and oxygen atoms in total. The second-order valence-electron chi connectivity index (χ2n) is 8.20. The first-order chi connectivity index (χ1) is 15.9. The normalized spacial score (nSPS) is 17.5. The summed E-state index contributed by atoms with van der Waals surface area (Å²) in [4.78, 5) is 9.23. The molecule has 176 valence electrons. The van der Waals surface area contributed by atoms with E-state index >= 15 is 0 Å². The van der Waals surface area contributed by atoms with Crippen molar-refractivity contribution in [3.8, 4) is 0 Å². The lowest BCUT2D eigenvalue weighted by atomic mass is 10.0. The highest BCUT2D eigenvalue weighted by Gasteiger charge is 2.19. The summed E-state index contributed by atoms with van der Waals surface area (Å²) >= 11 is 0. The van der Waals surface area contributed by atoms with E-state index in [0.29, 0.717) is 41.8 Å². The summed E-state index contributed by atoms with van der Waals surface area (Å²) in [6.07, 6.45) is 7.85. The van der Waals surface area contributed by atoms with Crippen molar-refractivity contribution in [2.45, 2.75) is 33.2 Å². The highest BCUT2D eigenvalue weighted by molar-refractivity contribution is 6.21. The van der Waals surface area contributed by atoms with Gasteiger partial charge in [0.25, 0.3) is 0 Å². The Kier molecular flexibility index (Phi) is 8.26. The smallest absolute Gasteiger partial charge is 0.132 e. The quantitative estimate of drug-likeness (QED) is 0.194. The van der Waals surface area contributed by atoms with Crippen LogP contribution < -0.4 is 27.4 Å². The van der Waals surface area contributed by atoms with Crippen molar-refractivity contribution in [2.75, 3.05) is 25.1 Å². The van der Waals surface area contributed by atoms with Crippen LogP contribution in [0.15, 0.2) is 54.3 Å². The molecular weight excluding hydrogens is 416 g/mol. The number of aromatic nitrogens is 2. The van der Waals surface area contributed by atoms with Crippen LogP contribution >= 0.6 is 0 Å². The third-order valence-corrected chi connectivity index (χ3v) is 5.30. The first kappa shape index (κ1) is 24.1. The molecule has 0 aliphatic carbocycles. The molecule has 0 amide bonds. The Morgan fingerprint density at radius 3 is 2.82 bits per heavy atom. The zero-order chi connectivity index (χ0) is 23.8. The molecule has 1 aliphatic rings. The largest absolute Gasteiger partial charge is 0.404 e. The maximum absolute atomic E-state index is 8.61. The molecule has 1 saturated heterocycles. The molecule has 3 heterocycles. The molecule has 1 unspecified atom stereocenters. The van der Waals surface area contributed by atoms with E-state index in [2.05, 4.69) is 39.8 Å². The number of anilines is 1. The van der Waals surface area contributed by atoms with Gasteiger partial charge in [-0.25, -0.2) is 4.98 Å². The molecule has 2 aromatic heterocycles. The molecule has 9 heteroatoms. The van der Waals surface area contributed by atoms with Crippen LogP contribution in [0.5, 0.6) is 0 Å². The van der Waals surface area contributed by atoms with Gasteiger partial charge in [-0.05, 0) is 55.3 Å². The molecular formula is C24H34N8O. The lowest BCUT2D eigenvalue weighted by Crippen LogP contribution is -2.35. The van der Waals surface area contributed by atoms with Gasteiger partial charge in [0.2, 0.25) is 0 Å². The Morgan fingerprint density at radius 2 is 2.15 bits per heavy atom. The summed E-state index contributed by atoms with van der Waals surface area (Å²) in [5, 5.41) is 18.2. The number of ether oxygens (including phenoxy) is 1. The van der Waals surface area contributed by atoms with E-state index in [0.717, 1.165) is 29.6 Å². The molecule has 0 aromatic carbocycles. The molecule has 1 fully saturated rings. The molecule has 1 atom stereocenters. The van der Waals surface area contributed by atoms with E-state index in [1.807, 2.05) is 37.4 Å². The minimum Gasteiger partial charge on any atom is -0.404 e. The molecule has 3 rings (SSSR count). The first-order valence-corrected chi connectivity index (χ1v) is 11.2. The summed E-state index contributed by atoms with van der Waals surface area (Å²) in [6.45, 7) is 8.18. The lowest BCUT2D eigenvalue weighted by molar-refractivity contribution is 0.192. The van der Waals surface area contributed by atoms with Crippen LogP contribution in [0.2, 0.25) is 0 Å².